The summed E-state index contributed by atoms with van der Waals surface area (Å²) >= 11 is 0. The molecule has 1 saturated heterocycles. The molecule has 0 radical (unpaired) electrons. The maximum absolute atomic E-state index is 12.9. The minimum atomic E-state index is -0.849. The Kier molecular flexibility index (Phi) is 6.90. The molecule has 1 aromatic carbocycles. The van der Waals surface area contributed by atoms with E-state index >= 15 is 0 Å². The maximum Gasteiger partial charge on any atom is 0.255 e. The van der Waals surface area contributed by atoms with Gasteiger partial charge in [0.2, 0.25) is 5.91 Å². The molecule has 1 heterocycles. The van der Waals surface area contributed by atoms with Crippen molar-refractivity contribution in [3.8, 4) is 0 Å². The van der Waals surface area contributed by atoms with E-state index in [4.69, 9.17) is 4.74 Å². The van der Waals surface area contributed by atoms with Crippen LogP contribution in [0.25, 0.3) is 0 Å². The molecule has 25 heavy (non-hydrogen) atoms. The van der Waals surface area contributed by atoms with Crippen molar-refractivity contribution in [2.45, 2.75) is 31.9 Å². The largest absolute Gasteiger partial charge is 0.368 e. The van der Waals surface area contributed by atoms with Crippen LogP contribution in [0.5, 0.6) is 0 Å². The normalized spacial score (nSPS) is 16.3. The summed E-state index contributed by atoms with van der Waals surface area (Å²) in [6, 6.07) is 5.94. The van der Waals surface area contributed by atoms with Crippen molar-refractivity contribution in [3.05, 3.63) is 35.6 Å². The highest BCUT2D eigenvalue weighted by Crippen LogP contribution is 2.25. The van der Waals surface area contributed by atoms with Crippen molar-refractivity contribution >= 4 is 11.8 Å². The van der Waals surface area contributed by atoms with Crippen LogP contribution in [-0.2, 0) is 20.9 Å². The summed E-state index contributed by atoms with van der Waals surface area (Å²) in [5.41, 5.74) is -0.0470. The van der Waals surface area contributed by atoms with Gasteiger partial charge in [-0.3, -0.25) is 9.59 Å². The van der Waals surface area contributed by atoms with Gasteiger partial charge in [-0.25, -0.2) is 4.39 Å². The molecule has 0 aromatic heterocycles. The van der Waals surface area contributed by atoms with Gasteiger partial charge in [-0.15, -0.1) is 0 Å². The fraction of sp³-hybridized carbons (Fsp3) is 0.556. The van der Waals surface area contributed by atoms with Crippen LogP contribution in [0.1, 0.15) is 25.3 Å². The van der Waals surface area contributed by atoms with Gasteiger partial charge in [0.25, 0.3) is 5.91 Å². The number of rotatable bonds is 7. The summed E-state index contributed by atoms with van der Waals surface area (Å²) < 4.78 is 18.4. The molecular formula is C18H26FN3O3. The number of methoxy groups -OCH3 is 1. The van der Waals surface area contributed by atoms with Crippen molar-refractivity contribution in [1.29, 1.82) is 0 Å². The van der Waals surface area contributed by atoms with Crippen LogP contribution in [-0.4, -0.2) is 55.6 Å². The highest BCUT2D eigenvalue weighted by atomic mass is 19.1. The Hall–Kier alpha value is -1.99. The fourth-order valence-corrected chi connectivity index (χ4v) is 2.98. The summed E-state index contributed by atoms with van der Waals surface area (Å²) in [7, 11) is 1.55. The minimum Gasteiger partial charge on any atom is -0.368 e. The first-order valence-electron chi connectivity index (χ1n) is 8.57. The Bertz CT molecular complexity index is 586. The lowest BCUT2D eigenvalue weighted by molar-refractivity contribution is -0.159. The van der Waals surface area contributed by atoms with E-state index in [-0.39, 0.29) is 24.2 Å². The second kappa shape index (κ2) is 8.92. The quantitative estimate of drug-likeness (QED) is 0.771. The van der Waals surface area contributed by atoms with Gasteiger partial charge in [0.1, 0.15) is 11.4 Å². The number of carbonyl (C=O) groups excluding carboxylic acids is 2. The summed E-state index contributed by atoms with van der Waals surface area (Å²) in [5.74, 6) is -0.708. The van der Waals surface area contributed by atoms with Crippen molar-refractivity contribution < 1.29 is 18.7 Å². The van der Waals surface area contributed by atoms with E-state index in [0.717, 1.165) is 5.56 Å². The molecule has 0 atom stereocenters. The first-order chi connectivity index (χ1) is 12.0. The first kappa shape index (κ1) is 19.3. The van der Waals surface area contributed by atoms with Crippen LogP contribution >= 0.6 is 0 Å². The fourth-order valence-electron chi connectivity index (χ4n) is 2.98. The Morgan fingerprint density at radius 3 is 2.48 bits per heavy atom. The lowest BCUT2D eigenvalue weighted by Gasteiger charge is -2.38. The monoisotopic (exact) mass is 351 g/mol. The number of halogens is 1. The number of likely N-dealkylation sites (N-methyl/N-ethyl adjacent to an activating group) is 1. The highest BCUT2D eigenvalue weighted by molar-refractivity contribution is 5.89. The van der Waals surface area contributed by atoms with Crippen LogP contribution in [0, 0.1) is 5.82 Å². The first-order valence-corrected chi connectivity index (χ1v) is 8.57. The van der Waals surface area contributed by atoms with E-state index in [2.05, 4.69) is 10.6 Å². The van der Waals surface area contributed by atoms with E-state index in [1.54, 1.807) is 19.2 Å². The topological polar surface area (TPSA) is 70.7 Å². The third-order valence-corrected chi connectivity index (χ3v) is 4.60. The Labute approximate surface area is 147 Å². The molecule has 0 saturated carbocycles. The second-order valence-corrected chi connectivity index (χ2v) is 6.17. The Balaban J connectivity index is 1.92. The predicted molar refractivity (Wildman–Crippen MR) is 92.3 cm³/mol. The minimum absolute atomic E-state index is 0.0188. The number of ether oxygens (including phenoxy) is 1. The Morgan fingerprint density at radius 1 is 1.28 bits per heavy atom. The Morgan fingerprint density at radius 2 is 1.92 bits per heavy atom. The second-order valence-electron chi connectivity index (χ2n) is 6.17. The summed E-state index contributed by atoms with van der Waals surface area (Å²) in [5, 5.41) is 5.98. The van der Waals surface area contributed by atoms with Crippen LogP contribution in [0.3, 0.4) is 0 Å². The summed E-state index contributed by atoms with van der Waals surface area (Å²) in [6.45, 7) is 3.98. The van der Waals surface area contributed by atoms with Gasteiger partial charge in [0.05, 0.1) is 6.54 Å². The number of nitrogens with zero attached hydrogens (tertiary/aromatic N) is 1. The van der Waals surface area contributed by atoms with Crippen molar-refractivity contribution in [3.63, 3.8) is 0 Å². The molecule has 2 amide bonds. The lowest BCUT2D eigenvalue weighted by atomic mass is 9.90. The van der Waals surface area contributed by atoms with E-state index in [0.29, 0.717) is 39.0 Å². The SMILES string of the molecule is CCN(CC(=O)NCc1ccc(F)cc1)C(=O)C1(OC)CCNCC1. The number of carbonyl (C=O) groups is 2. The molecule has 1 fully saturated rings. The molecule has 1 aliphatic rings. The molecular weight excluding hydrogens is 325 g/mol. The lowest BCUT2D eigenvalue weighted by Crippen LogP contribution is -2.56. The molecule has 2 rings (SSSR count). The van der Waals surface area contributed by atoms with Crippen LogP contribution in [0.15, 0.2) is 24.3 Å². The molecule has 0 spiro atoms. The maximum atomic E-state index is 12.9. The molecule has 0 unspecified atom stereocenters. The average Bonchev–Trinajstić information content (AvgIpc) is 2.65. The van der Waals surface area contributed by atoms with Gasteiger partial charge in [0.15, 0.2) is 0 Å². The number of nitrogens with one attached hydrogen (secondary N) is 2. The molecule has 2 N–H and O–H groups in total. The summed E-state index contributed by atoms with van der Waals surface area (Å²) in [4.78, 5) is 26.6. The summed E-state index contributed by atoms with van der Waals surface area (Å²) in [6.07, 6.45) is 1.19. The third-order valence-electron chi connectivity index (χ3n) is 4.60. The zero-order valence-electron chi connectivity index (χ0n) is 14.8. The predicted octanol–water partition coefficient (Wildman–Crippen LogP) is 1.06. The van der Waals surface area contributed by atoms with Crippen LogP contribution in [0.4, 0.5) is 4.39 Å². The molecule has 6 nitrogen and oxygen atoms in total. The highest BCUT2D eigenvalue weighted by Gasteiger charge is 2.42. The van der Waals surface area contributed by atoms with Crippen LogP contribution in [0.2, 0.25) is 0 Å². The van der Waals surface area contributed by atoms with Crippen molar-refractivity contribution in [1.82, 2.24) is 15.5 Å². The smallest absolute Gasteiger partial charge is 0.255 e. The molecule has 1 aromatic rings. The number of hydrogen-bond donors (Lipinski definition) is 2. The van der Waals surface area contributed by atoms with Crippen molar-refractivity contribution in [2.75, 3.05) is 33.3 Å². The van der Waals surface area contributed by atoms with E-state index in [1.807, 2.05) is 6.92 Å². The number of benzene rings is 1. The molecule has 0 aliphatic carbocycles. The van der Waals surface area contributed by atoms with Gasteiger partial charge in [0, 0.05) is 20.2 Å². The van der Waals surface area contributed by atoms with E-state index < -0.39 is 5.60 Å². The number of piperidine rings is 1. The zero-order valence-corrected chi connectivity index (χ0v) is 14.8. The average molecular weight is 351 g/mol. The molecule has 7 heteroatoms. The van der Waals surface area contributed by atoms with Gasteiger partial charge >= 0.3 is 0 Å². The van der Waals surface area contributed by atoms with Crippen molar-refractivity contribution in [2.24, 2.45) is 0 Å². The zero-order chi connectivity index (χ0) is 18.3. The van der Waals surface area contributed by atoms with Gasteiger partial charge in [-0.05, 0) is 50.6 Å². The molecule has 1 aliphatic heterocycles. The molecule has 0 bridgehead atoms. The van der Waals surface area contributed by atoms with Gasteiger partial charge < -0.3 is 20.3 Å². The third kappa shape index (κ3) is 4.99. The van der Waals surface area contributed by atoms with Gasteiger partial charge in [-0.2, -0.15) is 0 Å². The van der Waals surface area contributed by atoms with Crippen LogP contribution < -0.4 is 10.6 Å². The van der Waals surface area contributed by atoms with E-state index in [1.165, 1.54) is 17.0 Å². The number of hydrogen-bond acceptors (Lipinski definition) is 4. The van der Waals surface area contributed by atoms with Gasteiger partial charge in [-0.1, -0.05) is 12.1 Å². The molecule has 138 valence electrons. The standard InChI is InChI=1S/C18H26FN3O3/c1-3-22(17(24)18(25-2)8-10-20-11-9-18)13-16(23)21-12-14-4-6-15(19)7-5-14/h4-7,20H,3,8-13H2,1-2H3,(H,21,23). The van der Waals surface area contributed by atoms with E-state index in [9.17, 15) is 14.0 Å². The number of amides is 2.